The second-order valence-corrected chi connectivity index (χ2v) is 4.73. The topological polar surface area (TPSA) is 33.2 Å². The van der Waals surface area contributed by atoms with Crippen LogP contribution < -0.4 is 0 Å². The molecule has 0 aliphatic heterocycles. The Labute approximate surface area is 122 Å². The van der Waals surface area contributed by atoms with Crippen molar-refractivity contribution in [2.45, 2.75) is 13.5 Å². The number of hydrogen-bond acceptors (Lipinski definition) is 2. The number of pyridine rings is 1. The minimum Gasteiger partial charge on any atom is -0.334 e. The lowest BCUT2D eigenvalue weighted by molar-refractivity contribution is 0.0747. The molecule has 1 aromatic heterocycles. The quantitative estimate of drug-likeness (QED) is 0.808. The molecule has 1 heterocycles. The van der Waals surface area contributed by atoms with Crippen molar-refractivity contribution < 1.29 is 9.18 Å². The molecule has 0 bridgehead atoms. The van der Waals surface area contributed by atoms with Crippen molar-refractivity contribution in [1.82, 2.24) is 9.88 Å². The smallest absolute Gasteiger partial charge is 0.258 e. The van der Waals surface area contributed by atoms with Crippen molar-refractivity contribution in [2.24, 2.45) is 0 Å². The molecule has 104 valence electrons. The summed E-state index contributed by atoms with van der Waals surface area (Å²) in [6, 6.07) is 10.2. The van der Waals surface area contributed by atoms with E-state index < -0.39 is 5.95 Å². The van der Waals surface area contributed by atoms with Gasteiger partial charge in [0.05, 0.1) is 5.56 Å². The highest BCUT2D eigenvalue weighted by Gasteiger charge is 2.18. The molecule has 2 rings (SSSR count). The third kappa shape index (κ3) is 3.33. The van der Waals surface area contributed by atoms with Gasteiger partial charge in [0, 0.05) is 24.3 Å². The first kappa shape index (κ1) is 14.5. The van der Waals surface area contributed by atoms with Crippen molar-refractivity contribution in [1.29, 1.82) is 0 Å². The largest absolute Gasteiger partial charge is 0.334 e. The van der Waals surface area contributed by atoms with Crippen LogP contribution in [0.25, 0.3) is 0 Å². The lowest BCUT2D eigenvalue weighted by atomic mass is 10.2. The molecule has 0 saturated carbocycles. The van der Waals surface area contributed by atoms with E-state index in [9.17, 15) is 9.18 Å². The summed E-state index contributed by atoms with van der Waals surface area (Å²) in [5.41, 5.74) is 0.883. The van der Waals surface area contributed by atoms with E-state index in [0.717, 1.165) is 5.56 Å². The highest BCUT2D eigenvalue weighted by Crippen LogP contribution is 2.15. The van der Waals surface area contributed by atoms with E-state index in [1.807, 2.05) is 19.1 Å². The summed E-state index contributed by atoms with van der Waals surface area (Å²) in [6.45, 7) is 2.70. The van der Waals surface area contributed by atoms with Crippen LogP contribution in [0.15, 0.2) is 42.6 Å². The predicted octanol–water partition coefficient (Wildman–Crippen LogP) is 3.54. The minimum atomic E-state index is -0.748. The second kappa shape index (κ2) is 6.48. The normalized spacial score (nSPS) is 10.3. The average molecular weight is 293 g/mol. The number of amides is 1. The van der Waals surface area contributed by atoms with Gasteiger partial charge in [-0.15, -0.1) is 0 Å². The number of aromatic nitrogens is 1. The zero-order valence-corrected chi connectivity index (χ0v) is 11.8. The van der Waals surface area contributed by atoms with E-state index in [4.69, 9.17) is 11.6 Å². The van der Waals surface area contributed by atoms with Gasteiger partial charge in [0.15, 0.2) is 0 Å². The summed E-state index contributed by atoms with van der Waals surface area (Å²) >= 11 is 5.92. The number of halogens is 2. The zero-order chi connectivity index (χ0) is 14.5. The van der Waals surface area contributed by atoms with Crippen LogP contribution in [0.5, 0.6) is 0 Å². The molecule has 0 spiro atoms. The van der Waals surface area contributed by atoms with Gasteiger partial charge < -0.3 is 4.90 Å². The lowest BCUT2D eigenvalue weighted by Gasteiger charge is -2.21. The van der Waals surface area contributed by atoms with Gasteiger partial charge in [0.25, 0.3) is 5.91 Å². The van der Waals surface area contributed by atoms with E-state index in [1.54, 1.807) is 23.1 Å². The van der Waals surface area contributed by atoms with Gasteiger partial charge in [0.2, 0.25) is 5.95 Å². The van der Waals surface area contributed by atoms with E-state index in [1.165, 1.54) is 12.3 Å². The molecule has 1 amide bonds. The number of rotatable bonds is 4. The Bertz CT molecular complexity index is 618. The van der Waals surface area contributed by atoms with E-state index in [2.05, 4.69) is 4.98 Å². The Morgan fingerprint density at radius 1 is 1.35 bits per heavy atom. The van der Waals surface area contributed by atoms with Gasteiger partial charge in [0.1, 0.15) is 0 Å². The summed E-state index contributed by atoms with van der Waals surface area (Å²) in [5.74, 6) is -1.12. The fourth-order valence-corrected chi connectivity index (χ4v) is 2.11. The van der Waals surface area contributed by atoms with Crippen LogP contribution in [0.2, 0.25) is 5.02 Å². The SMILES string of the molecule is CCN(Cc1cccc(Cl)c1)C(=O)c1cccnc1F. The highest BCUT2D eigenvalue weighted by atomic mass is 35.5. The zero-order valence-electron chi connectivity index (χ0n) is 11.0. The lowest BCUT2D eigenvalue weighted by Crippen LogP contribution is -2.31. The fourth-order valence-electron chi connectivity index (χ4n) is 1.90. The Kier molecular flexibility index (Phi) is 4.69. The molecule has 0 atom stereocenters. The maximum atomic E-state index is 13.6. The maximum absolute atomic E-state index is 13.6. The maximum Gasteiger partial charge on any atom is 0.258 e. The van der Waals surface area contributed by atoms with Gasteiger partial charge in [-0.25, -0.2) is 4.98 Å². The van der Waals surface area contributed by atoms with Crippen LogP contribution in [0.3, 0.4) is 0 Å². The van der Waals surface area contributed by atoms with Crippen LogP contribution in [0, 0.1) is 5.95 Å². The molecule has 20 heavy (non-hydrogen) atoms. The predicted molar refractivity (Wildman–Crippen MR) is 76.1 cm³/mol. The Morgan fingerprint density at radius 3 is 2.80 bits per heavy atom. The molecule has 0 fully saturated rings. The summed E-state index contributed by atoms with van der Waals surface area (Å²) in [4.78, 5) is 17.3. The van der Waals surface area contributed by atoms with E-state index in [0.29, 0.717) is 18.1 Å². The number of benzene rings is 1. The molecule has 0 aliphatic carbocycles. The van der Waals surface area contributed by atoms with Crippen LogP contribution in [-0.2, 0) is 6.54 Å². The van der Waals surface area contributed by atoms with Gasteiger partial charge in [-0.05, 0) is 36.8 Å². The summed E-state index contributed by atoms with van der Waals surface area (Å²) < 4.78 is 13.6. The van der Waals surface area contributed by atoms with Gasteiger partial charge in [-0.2, -0.15) is 4.39 Å². The van der Waals surface area contributed by atoms with Crippen LogP contribution in [0.1, 0.15) is 22.8 Å². The third-order valence-corrected chi connectivity index (χ3v) is 3.16. The monoisotopic (exact) mass is 292 g/mol. The van der Waals surface area contributed by atoms with Crippen molar-refractivity contribution in [3.8, 4) is 0 Å². The number of carbonyl (C=O) groups is 1. The van der Waals surface area contributed by atoms with Crippen LogP contribution in [-0.4, -0.2) is 22.3 Å². The standard InChI is InChI=1S/C15H14ClFN2O/c1-2-19(10-11-5-3-6-12(16)9-11)15(20)13-7-4-8-18-14(13)17/h3-9H,2,10H2,1H3. The van der Waals surface area contributed by atoms with Crippen molar-refractivity contribution in [2.75, 3.05) is 6.54 Å². The first-order valence-corrected chi connectivity index (χ1v) is 6.64. The number of hydrogen-bond donors (Lipinski definition) is 0. The molecule has 0 N–H and O–H groups in total. The molecule has 0 radical (unpaired) electrons. The molecule has 0 aliphatic rings. The van der Waals surface area contributed by atoms with Crippen molar-refractivity contribution in [3.63, 3.8) is 0 Å². The molecular formula is C15H14ClFN2O. The van der Waals surface area contributed by atoms with Gasteiger partial charge >= 0.3 is 0 Å². The third-order valence-electron chi connectivity index (χ3n) is 2.92. The van der Waals surface area contributed by atoms with Gasteiger partial charge in [-0.3, -0.25) is 4.79 Å². The summed E-state index contributed by atoms with van der Waals surface area (Å²) in [7, 11) is 0. The van der Waals surface area contributed by atoms with E-state index >= 15 is 0 Å². The summed E-state index contributed by atoms with van der Waals surface area (Å²) in [6.07, 6.45) is 1.32. The molecular weight excluding hydrogens is 279 g/mol. The van der Waals surface area contributed by atoms with Crippen LogP contribution in [0.4, 0.5) is 4.39 Å². The molecule has 5 heteroatoms. The van der Waals surface area contributed by atoms with Crippen molar-refractivity contribution >= 4 is 17.5 Å². The fraction of sp³-hybridized carbons (Fsp3) is 0.200. The van der Waals surface area contributed by atoms with Gasteiger partial charge in [-0.1, -0.05) is 23.7 Å². The Balaban J connectivity index is 2.20. The molecule has 3 nitrogen and oxygen atoms in total. The average Bonchev–Trinajstić information content (AvgIpc) is 2.44. The molecule has 0 unspecified atom stereocenters. The Morgan fingerprint density at radius 2 is 2.15 bits per heavy atom. The van der Waals surface area contributed by atoms with Crippen LogP contribution >= 0.6 is 11.6 Å². The Hall–Kier alpha value is -1.94. The minimum absolute atomic E-state index is 0.0172. The molecule has 2 aromatic rings. The summed E-state index contributed by atoms with van der Waals surface area (Å²) in [5, 5.41) is 0.610. The highest BCUT2D eigenvalue weighted by molar-refractivity contribution is 6.30. The molecule has 1 aromatic carbocycles. The number of carbonyl (C=O) groups excluding carboxylic acids is 1. The second-order valence-electron chi connectivity index (χ2n) is 4.29. The van der Waals surface area contributed by atoms with E-state index in [-0.39, 0.29) is 11.5 Å². The first-order chi connectivity index (χ1) is 9.61. The molecule has 0 saturated heterocycles. The first-order valence-electron chi connectivity index (χ1n) is 6.26. The van der Waals surface area contributed by atoms with Crippen molar-refractivity contribution in [3.05, 3.63) is 64.7 Å². The number of nitrogens with zero attached hydrogens (tertiary/aromatic N) is 2.